The third kappa shape index (κ3) is 5.49. The number of carbonyl (C=O) groups excluding carboxylic acids is 4. The van der Waals surface area contributed by atoms with Crippen molar-refractivity contribution in [3.05, 3.63) is 18.2 Å². The van der Waals surface area contributed by atoms with E-state index in [4.69, 9.17) is 14.2 Å². The number of anilines is 1. The minimum absolute atomic E-state index is 0.153. The third-order valence-electron chi connectivity index (χ3n) is 3.87. The van der Waals surface area contributed by atoms with Crippen LogP contribution in [0.5, 0.6) is 11.5 Å². The molecule has 0 bridgehead atoms. The van der Waals surface area contributed by atoms with E-state index >= 15 is 0 Å². The van der Waals surface area contributed by atoms with Crippen LogP contribution in [-0.2, 0) is 19.1 Å². The first-order chi connectivity index (χ1) is 14.1. The van der Waals surface area contributed by atoms with Crippen molar-refractivity contribution in [1.82, 2.24) is 4.90 Å². The zero-order chi connectivity index (χ0) is 22.5. The molecule has 9 heteroatoms. The van der Waals surface area contributed by atoms with Crippen molar-refractivity contribution < 1.29 is 33.4 Å². The van der Waals surface area contributed by atoms with E-state index in [0.29, 0.717) is 29.6 Å². The van der Waals surface area contributed by atoms with Crippen LogP contribution in [0.3, 0.4) is 0 Å². The van der Waals surface area contributed by atoms with Crippen molar-refractivity contribution in [2.45, 2.75) is 53.1 Å². The fourth-order valence-electron chi connectivity index (χ4n) is 2.67. The molecule has 164 valence electrons. The number of rotatable bonds is 9. The van der Waals surface area contributed by atoms with Crippen LogP contribution in [0.4, 0.5) is 10.5 Å². The van der Waals surface area contributed by atoms with Gasteiger partial charge in [0.1, 0.15) is 12.1 Å². The molecule has 1 saturated heterocycles. The number of esters is 1. The minimum Gasteiger partial charge on any atom is -0.490 e. The summed E-state index contributed by atoms with van der Waals surface area (Å²) < 4.78 is 16.5. The summed E-state index contributed by atoms with van der Waals surface area (Å²) in [7, 11) is 0. The van der Waals surface area contributed by atoms with E-state index in [1.807, 2.05) is 13.8 Å². The smallest absolute Gasteiger partial charge is 0.339 e. The van der Waals surface area contributed by atoms with Gasteiger partial charge in [-0.1, -0.05) is 13.8 Å². The van der Waals surface area contributed by atoms with Crippen molar-refractivity contribution in [2.75, 3.05) is 24.7 Å². The second-order valence-electron chi connectivity index (χ2n) is 7.73. The highest BCUT2D eigenvalue weighted by molar-refractivity contribution is 6.53. The number of hydrogen-bond acceptors (Lipinski definition) is 7. The molecule has 1 fully saturated rings. The molecule has 0 atom stereocenters. The van der Waals surface area contributed by atoms with Gasteiger partial charge in [0.15, 0.2) is 11.5 Å². The molecule has 0 aromatic heterocycles. The van der Waals surface area contributed by atoms with E-state index in [1.165, 1.54) is 12.1 Å². The number of ether oxygens (including phenoxy) is 3. The van der Waals surface area contributed by atoms with Gasteiger partial charge >= 0.3 is 23.8 Å². The van der Waals surface area contributed by atoms with Crippen molar-refractivity contribution in [1.29, 1.82) is 0 Å². The number of benzene rings is 1. The first-order valence-electron chi connectivity index (χ1n) is 9.90. The van der Waals surface area contributed by atoms with Crippen molar-refractivity contribution >= 4 is 29.5 Å². The largest absolute Gasteiger partial charge is 0.490 e. The maximum atomic E-state index is 12.7. The summed E-state index contributed by atoms with van der Waals surface area (Å²) in [6.07, 6.45) is 1.55. The molecule has 0 N–H and O–H groups in total. The molecule has 1 aliphatic rings. The van der Waals surface area contributed by atoms with Gasteiger partial charge in [-0.15, -0.1) is 0 Å². The average Bonchev–Trinajstić information content (AvgIpc) is 2.87. The van der Waals surface area contributed by atoms with E-state index < -0.39 is 36.0 Å². The van der Waals surface area contributed by atoms with Crippen molar-refractivity contribution in [3.8, 4) is 11.5 Å². The Labute approximate surface area is 175 Å². The van der Waals surface area contributed by atoms with Gasteiger partial charge in [0, 0.05) is 6.07 Å². The zero-order valence-electron chi connectivity index (χ0n) is 18.0. The summed E-state index contributed by atoms with van der Waals surface area (Å²) in [5.74, 6) is -2.08. The van der Waals surface area contributed by atoms with Gasteiger partial charge in [0.2, 0.25) is 0 Å². The first kappa shape index (κ1) is 23.2. The highest BCUT2D eigenvalue weighted by Gasteiger charge is 2.46. The number of amides is 4. The molecule has 1 aromatic rings. The number of urea groups is 1. The maximum absolute atomic E-state index is 12.7. The van der Waals surface area contributed by atoms with Crippen LogP contribution < -0.4 is 14.4 Å². The summed E-state index contributed by atoms with van der Waals surface area (Å²) in [5.41, 5.74) is -0.633. The normalized spacial score (nSPS) is 14.4. The highest BCUT2D eigenvalue weighted by Crippen LogP contribution is 2.34. The van der Waals surface area contributed by atoms with Gasteiger partial charge in [0.05, 0.1) is 18.9 Å². The lowest BCUT2D eigenvalue weighted by Gasteiger charge is -2.21. The van der Waals surface area contributed by atoms with Crippen LogP contribution >= 0.6 is 0 Å². The predicted molar refractivity (Wildman–Crippen MR) is 108 cm³/mol. The quantitative estimate of drug-likeness (QED) is 0.344. The lowest BCUT2D eigenvalue weighted by Crippen LogP contribution is -2.39. The highest BCUT2D eigenvalue weighted by atomic mass is 16.6. The molecular weight excluding hydrogens is 392 g/mol. The molecule has 4 amide bonds. The van der Waals surface area contributed by atoms with Gasteiger partial charge in [0.25, 0.3) is 0 Å². The fourth-order valence-corrected chi connectivity index (χ4v) is 2.67. The van der Waals surface area contributed by atoms with E-state index in [9.17, 15) is 19.2 Å². The summed E-state index contributed by atoms with van der Waals surface area (Å²) in [5, 5.41) is 0. The average molecular weight is 420 g/mol. The Kier molecular flexibility index (Phi) is 7.42. The van der Waals surface area contributed by atoms with Crippen LogP contribution in [0.2, 0.25) is 0 Å². The van der Waals surface area contributed by atoms with Gasteiger partial charge in [-0.3, -0.25) is 14.4 Å². The molecule has 1 aliphatic heterocycles. The van der Waals surface area contributed by atoms with Crippen LogP contribution in [-0.4, -0.2) is 54.1 Å². The Bertz CT molecular complexity index is 829. The summed E-state index contributed by atoms with van der Waals surface area (Å²) in [4.78, 5) is 50.9. The Hall–Kier alpha value is -3.10. The number of imide groups is 2. The maximum Gasteiger partial charge on any atom is 0.339 e. The Balaban J connectivity index is 2.27. The molecule has 1 aromatic carbocycles. The third-order valence-corrected chi connectivity index (χ3v) is 3.87. The van der Waals surface area contributed by atoms with E-state index in [0.717, 1.165) is 17.7 Å². The van der Waals surface area contributed by atoms with Crippen LogP contribution in [0.25, 0.3) is 0 Å². The Morgan fingerprint density at radius 1 is 0.933 bits per heavy atom. The Morgan fingerprint density at radius 3 is 2.10 bits per heavy atom. The topological polar surface area (TPSA) is 102 Å². The summed E-state index contributed by atoms with van der Waals surface area (Å²) in [6.45, 7) is 9.14. The monoisotopic (exact) mass is 420 g/mol. The first-order valence-corrected chi connectivity index (χ1v) is 9.90. The number of nitrogens with zero attached hydrogens (tertiary/aromatic N) is 2. The van der Waals surface area contributed by atoms with Gasteiger partial charge < -0.3 is 14.2 Å². The van der Waals surface area contributed by atoms with Crippen LogP contribution in [0.15, 0.2) is 18.2 Å². The van der Waals surface area contributed by atoms with Gasteiger partial charge in [-0.2, -0.15) is 0 Å². The molecule has 30 heavy (non-hydrogen) atoms. The van der Waals surface area contributed by atoms with E-state index in [1.54, 1.807) is 26.8 Å². The van der Waals surface area contributed by atoms with E-state index in [-0.39, 0.29) is 5.69 Å². The second-order valence-corrected chi connectivity index (χ2v) is 7.73. The molecule has 2 rings (SSSR count). The van der Waals surface area contributed by atoms with Gasteiger partial charge in [-0.05, 0) is 45.7 Å². The summed E-state index contributed by atoms with van der Waals surface area (Å²) in [6, 6.07) is 3.63. The molecule has 0 unspecified atom stereocenters. The minimum atomic E-state index is -1.09. The predicted octanol–water partition coefficient (Wildman–Crippen LogP) is 2.90. The van der Waals surface area contributed by atoms with Crippen LogP contribution in [0.1, 0.15) is 47.5 Å². The molecule has 1 heterocycles. The van der Waals surface area contributed by atoms with Crippen molar-refractivity contribution in [3.63, 3.8) is 0 Å². The lowest BCUT2D eigenvalue weighted by molar-refractivity contribution is -0.157. The molecule has 0 spiro atoms. The van der Waals surface area contributed by atoms with E-state index in [2.05, 4.69) is 0 Å². The SMILES string of the molecule is CCCOc1ccc(N2C(=O)C(=O)N(CC(=O)OC(C)(C)C)C2=O)cc1OCCC. The van der Waals surface area contributed by atoms with Gasteiger partial charge in [-0.25, -0.2) is 14.6 Å². The second kappa shape index (κ2) is 9.60. The molecule has 0 radical (unpaired) electrons. The molecule has 9 nitrogen and oxygen atoms in total. The summed E-state index contributed by atoms with van der Waals surface area (Å²) >= 11 is 0. The molecule has 0 saturated carbocycles. The Morgan fingerprint density at radius 2 is 1.53 bits per heavy atom. The number of hydrogen-bond donors (Lipinski definition) is 0. The zero-order valence-corrected chi connectivity index (χ0v) is 18.0. The standard InChI is InChI=1S/C21H28N2O7/c1-6-10-28-15-9-8-14(12-16(15)29-11-7-2)23-19(26)18(25)22(20(23)27)13-17(24)30-21(3,4)5/h8-9,12H,6-7,10-11,13H2,1-5H3. The van der Waals surface area contributed by atoms with Crippen LogP contribution in [0, 0.1) is 0 Å². The lowest BCUT2D eigenvalue weighted by atomic mass is 10.2. The van der Waals surface area contributed by atoms with Crippen molar-refractivity contribution in [2.24, 2.45) is 0 Å². The fraction of sp³-hybridized carbons (Fsp3) is 0.524. The molecule has 0 aliphatic carbocycles. The molecular formula is C21H28N2O7. The number of carbonyl (C=O) groups is 4.